The maximum absolute atomic E-state index is 17.2. The number of rotatable bonds is 6. The molecule has 15 heteroatoms. The van der Waals surface area contributed by atoms with E-state index >= 15 is 4.39 Å². The second-order valence-electron chi connectivity index (χ2n) is 15.3. The molecule has 1 saturated carbocycles. The molecule has 4 aliphatic heterocycles. The quantitative estimate of drug-likeness (QED) is 0.203. The number of carbonyl (C=O) groups excluding carboxylic acids is 1. The van der Waals surface area contributed by atoms with Crippen LogP contribution in [-0.2, 0) is 4.79 Å². The number of anilines is 2. The van der Waals surface area contributed by atoms with E-state index < -0.39 is 35.8 Å². The van der Waals surface area contributed by atoms with Gasteiger partial charge in [-0.2, -0.15) is 15.2 Å². The number of benzene rings is 2. The highest BCUT2D eigenvalue weighted by molar-refractivity contribution is 7.23. The lowest BCUT2D eigenvalue weighted by Crippen LogP contribution is -2.62. The average Bonchev–Trinajstić information content (AvgIpc) is 3.31. The zero-order chi connectivity index (χ0) is 36.2. The molecule has 2 N–H and O–H groups in total. The number of thiophene rings is 1. The minimum absolute atomic E-state index is 0.0178. The monoisotopic (exact) mass is 753 g/mol. The Morgan fingerprint density at radius 2 is 1.83 bits per heavy atom. The highest BCUT2D eigenvalue weighted by atomic mass is 35.5. The van der Waals surface area contributed by atoms with Gasteiger partial charge in [0.2, 0.25) is 5.91 Å². The van der Waals surface area contributed by atoms with E-state index in [0.717, 1.165) is 69.4 Å². The first-order valence-electron chi connectivity index (χ1n) is 17.8. The number of aromatic nitrogens is 2. The number of alkyl halides is 2. The Hall–Kier alpha value is -3.93. The highest BCUT2D eigenvalue weighted by Gasteiger charge is 2.64. The normalized spacial score (nSPS) is 23.1. The summed E-state index contributed by atoms with van der Waals surface area (Å²) in [4.78, 5) is 28.4. The molecule has 1 spiro atoms. The number of ether oxygens (including phenoxy) is 1. The van der Waals surface area contributed by atoms with Gasteiger partial charge < -0.3 is 20.3 Å². The van der Waals surface area contributed by atoms with Gasteiger partial charge in [0.05, 0.1) is 20.8 Å². The van der Waals surface area contributed by atoms with Crippen LogP contribution in [-0.4, -0.2) is 83.0 Å². The number of nitriles is 1. The predicted molar refractivity (Wildman–Crippen MR) is 191 cm³/mol. The van der Waals surface area contributed by atoms with Crippen molar-refractivity contribution in [1.82, 2.24) is 19.8 Å². The molecular weight excluding hydrogens is 718 g/mol. The van der Waals surface area contributed by atoms with Crippen molar-refractivity contribution in [3.05, 3.63) is 40.4 Å². The molecule has 1 atom stereocenters. The molecule has 9 nitrogen and oxygen atoms in total. The number of nitrogens with two attached hydrogens (primary N) is 1. The van der Waals surface area contributed by atoms with Crippen LogP contribution in [0.3, 0.4) is 0 Å². The molecule has 0 bridgehead atoms. The van der Waals surface area contributed by atoms with Crippen LogP contribution in [0.1, 0.15) is 56.9 Å². The summed E-state index contributed by atoms with van der Waals surface area (Å²) in [5, 5.41) is 10.6. The molecule has 6 heterocycles. The van der Waals surface area contributed by atoms with Crippen LogP contribution in [0.15, 0.2) is 18.2 Å². The van der Waals surface area contributed by atoms with Gasteiger partial charge in [-0.3, -0.25) is 9.69 Å². The van der Waals surface area contributed by atoms with Crippen molar-refractivity contribution in [2.24, 2.45) is 11.3 Å². The summed E-state index contributed by atoms with van der Waals surface area (Å²) in [6.07, 6.45) is 6.20. The molecule has 9 rings (SSSR count). The first-order chi connectivity index (χ1) is 24.9. The van der Waals surface area contributed by atoms with Crippen molar-refractivity contribution >= 4 is 60.7 Å². The molecule has 5 aliphatic rings. The van der Waals surface area contributed by atoms with Crippen molar-refractivity contribution in [2.45, 2.75) is 62.8 Å². The number of amides is 1. The molecule has 0 unspecified atom stereocenters. The standard InChI is InChI=1S/C37H36ClF4N7O2S/c38-24-13-21-29(28(40)27(24)20-5-6-25(39)30-26(20)22(15-43)31(44)52-30)45-34(51-19-36-8-3-11-49(36)12-4-9-36)46-32(21)47-10-2-1-7-35(16-47)17-48(18-35)33(50)23-14-37(23,41)42/h5-6,13,23H,1-4,7-12,14,16-19,44H2/t23-/m1/s1. The molecular formula is C37H36ClF4N7O2S. The first kappa shape index (κ1) is 33.9. The summed E-state index contributed by atoms with van der Waals surface area (Å²) in [6, 6.07) is 6.26. The van der Waals surface area contributed by atoms with Crippen LogP contribution >= 0.6 is 22.9 Å². The van der Waals surface area contributed by atoms with E-state index in [1.54, 1.807) is 6.07 Å². The number of likely N-dealkylation sites (tertiary alicyclic amines) is 1. The lowest BCUT2D eigenvalue weighted by molar-refractivity contribution is -0.147. The predicted octanol–water partition coefficient (Wildman–Crippen LogP) is 7.38. The van der Waals surface area contributed by atoms with Crippen molar-refractivity contribution < 1.29 is 27.1 Å². The van der Waals surface area contributed by atoms with Gasteiger partial charge in [-0.15, -0.1) is 11.3 Å². The van der Waals surface area contributed by atoms with E-state index in [-0.39, 0.29) is 59.3 Å². The Morgan fingerprint density at radius 3 is 2.54 bits per heavy atom. The molecule has 1 amide bonds. The van der Waals surface area contributed by atoms with E-state index in [9.17, 15) is 23.2 Å². The largest absolute Gasteiger partial charge is 0.461 e. The molecule has 52 heavy (non-hydrogen) atoms. The number of hydrogen-bond donors (Lipinski definition) is 1. The fraction of sp³-hybridized carbons (Fsp3) is 0.514. The molecule has 4 aromatic rings. The minimum Gasteiger partial charge on any atom is -0.461 e. The fourth-order valence-electron chi connectivity index (χ4n) is 9.31. The van der Waals surface area contributed by atoms with Gasteiger partial charge in [0, 0.05) is 54.4 Å². The van der Waals surface area contributed by atoms with E-state index in [1.165, 1.54) is 17.0 Å². The van der Waals surface area contributed by atoms with Crippen LogP contribution in [0.4, 0.5) is 28.4 Å². The molecule has 5 fully saturated rings. The molecule has 272 valence electrons. The Balaban J connectivity index is 1.14. The van der Waals surface area contributed by atoms with Crippen LogP contribution in [0, 0.1) is 34.3 Å². The van der Waals surface area contributed by atoms with Crippen LogP contribution in [0.5, 0.6) is 6.01 Å². The third-order valence-corrected chi connectivity index (χ3v) is 13.3. The maximum Gasteiger partial charge on any atom is 0.319 e. The second kappa shape index (κ2) is 12.0. The smallest absolute Gasteiger partial charge is 0.319 e. The summed E-state index contributed by atoms with van der Waals surface area (Å²) in [5.41, 5.74) is 5.82. The van der Waals surface area contributed by atoms with Gasteiger partial charge in [0.15, 0.2) is 5.82 Å². The molecule has 1 aliphatic carbocycles. The Bertz CT molecular complexity index is 2190. The Morgan fingerprint density at radius 1 is 1.08 bits per heavy atom. The average molecular weight is 754 g/mol. The van der Waals surface area contributed by atoms with Gasteiger partial charge in [0.1, 0.15) is 40.7 Å². The SMILES string of the molecule is N#Cc1c(N)sc2c(F)ccc(-c3c(Cl)cc4c(N5CCCCC6(CN(C(=O)[C@H]7CC7(F)F)C6)C5)nc(OCC56CCCN5CCC6)nc4c3F)c12. The van der Waals surface area contributed by atoms with Crippen molar-refractivity contribution in [3.8, 4) is 23.2 Å². The topological polar surface area (TPSA) is 112 Å². The molecule has 2 aromatic carbocycles. The number of nitrogens with zero attached hydrogens (tertiary/aromatic N) is 6. The lowest BCUT2D eigenvalue weighted by Gasteiger charge is -2.51. The van der Waals surface area contributed by atoms with Crippen molar-refractivity contribution in [3.63, 3.8) is 0 Å². The van der Waals surface area contributed by atoms with Gasteiger partial charge in [-0.25, -0.2) is 17.6 Å². The van der Waals surface area contributed by atoms with E-state index in [2.05, 4.69) is 14.8 Å². The van der Waals surface area contributed by atoms with E-state index in [0.29, 0.717) is 44.0 Å². The lowest BCUT2D eigenvalue weighted by atomic mass is 9.75. The third-order valence-electron chi connectivity index (χ3n) is 12.0. The first-order valence-corrected chi connectivity index (χ1v) is 19.0. The van der Waals surface area contributed by atoms with Crippen molar-refractivity contribution in [1.29, 1.82) is 5.26 Å². The van der Waals surface area contributed by atoms with E-state index in [1.807, 2.05) is 6.07 Å². The summed E-state index contributed by atoms with van der Waals surface area (Å²) in [5.74, 6) is -5.57. The summed E-state index contributed by atoms with van der Waals surface area (Å²) >= 11 is 7.84. The van der Waals surface area contributed by atoms with Crippen molar-refractivity contribution in [2.75, 3.05) is 56.5 Å². The fourth-order valence-corrected chi connectivity index (χ4v) is 10.5. The van der Waals surface area contributed by atoms with E-state index in [4.69, 9.17) is 27.1 Å². The maximum atomic E-state index is 17.2. The summed E-state index contributed by atoms with van der Waals surface area (Å²) in [6.45, 7) is 4.14. The number of halogens is 5. The van der Waals surface area contributed by atoms with Gasteiger partial charge in [0.25, 0.3) is 5.92 Å². The Labute approximate surface area is 306 Å². The molecule has 4 saturated heterocycles. The molecule has 0 radical (unpaired) electrons. The number of fused-ring (bicyclic) bond motifs is 3. The second-order valence-corrected chi connectivity index (χ2v) is 16.8. The van der Waals surface area contributed by atoms with Crippen LogP contribution in [0.2, 0.25) is 5.02 Å². The molecule has 2 aromatic heterocycles. The van der Waals surface area contributed by atoms with Crippen LogP contribution < -0.4 is 15.4 Å². The van der Waals surface area contributed by atoms with Gasteiger partial charge in [-0.05, 0) is 69.3 Å². The van der Waals surface area contributed by atoms with Crippen LogP contribution in [0.25, 0.3) is 32.1 Å². The zero-order valence-electron chi connectivity index (χ0n) is 28.3. The highest BCUT2D eigenvalue weighted by Crippen LogP contribution is 2.52. The summed E-state index contributed by atoms with van der Waals surface area (Å²) < 4.78 is 66.2. The van der Waals surface area contributed by atoms with Gasteiger partial charge in [-0.1, -0.05) is 24.1 Å². The summed E-state index contributed by atoms with van der Waals surface area (Å²) in [7, 11) is 0. The number of carbonyl (C=O) groups is 1. The zero-order valence-corrected chi connectivity index (χ0v) is 29.9. The number of hydrogen-bond acceptors (Lipinski definition) is 9. The van der Waals surface area contributed by atoms with Gasteiger partial charge >= 0.3 is 6.01 Å². The Kier molecular flexibility index (Phi) is 7.85. The number of nitrogen functional groups attached to an aromatic ring is 1. The third kappa shape index (κ3) is 5.28. The minimum atomic E-state index is -2.92.